The molecular formula is C24H30FN5O2. The van der Waals surface area contributed by atoms with Crippen molar-refractivity contribution in [3.63, 3.8) is 0 Å². The topological polar surface area (TPSA) is 61.7 Å². The zero-order valence-electron chi connectivity index (χ0n) is 18.5. The van der Waals surface area contributed by atoms with Crippen LogP contribution in [0.2, 0.25) is 0 Å². The van der Waals surface area contributed by atoms with Gasteiger partial charge in [0, 0.05) is 69.7 Å². The van der Waals surface area contributed by atoms with Crippen molar-refractivity contribution in [3.8, 4) is 0 Å². The fourth-order valence-corrected chi connectivity index (χ4v) is 5.40. The lowest BCUT2D eigenvalue weighted by Gasteiger charge is -2.39. The Balaban J connectivity index is 1.30. The zero-order valence-corrected chi connectivity index (χ0v) is 18.5. The number of amides is 2. The van der Waals surface area contributed by atoms with E-state index in [0.29, 0.717) is 39.3 Å². The van der Waals surface area contributed by atoms with Gasteiger partial charge in [0.15, 0.2) is 0 Å². The van der Waals surface area contributed by atoms with Crippen molar-refractivity contribution < 1.29 is 14.0 Å². The van der Waals surface area contributed by atoms with Gasteiger partial charge in [-0.25, -0.2) is 4.39 Å². The lowest BCUT2D eigenvalue weighted by Crippen LogP contribution is -2.52. The van der Waals surface area contributed by atoms with Gasteiger partial charge in [0.2, 0.25) is 11.8 Å². The Morgan fingerprint density at radius 1 is 0.969 bits per heavy atom. The lowest BCUT2D eigenvalue weighted by molar-refractivity contribution is -0.139. The molecule has 1 aromatic heterocycles. The van der Waals surface area contributed by atoms with Crippen molar-refractivity contribution in [1.82, 2.24) is 19.6 Å². The molecule has 1 aliphatic carbocycles. The summed E-state index contributed by atoms with van der Waals surface area (Å²) in [6.45, 7) is 3.56. The summed E-state index contributed by atoms with van der Waals surface area (Å²) in [5, 5.41) is 4.60. The predicted molar refractivity (Wildman–Crippen MR) is 119 cm³/mol. The van der Waals surface area contributed by atoms with Gasteiger partial charge in [-0.05, 0) is 37.1 Å². The van der Waals surface area contributed by atoms with Crippen LogP contribution in [0.15, 0.2) is 30.5 Å². The molecule has 1 saturated carbocycles. The van der Waals surface area contributed by atoms with Gasteiger partial charge in [-0.15, -0.1) is 0 Å². The molecule has 0 spiro atoms. The fourth-order valence-electron chi connectivity index (χ4n) is 5.40. The van der Waals surface area contributed by atoms with Crippen LogP contribution in [-0.4, -0.2) is 64.1 Å². The van der Waals surface area contributed by atoms with E-state index in [1.165, 1.54) is 12.1 Å². The summed E-state index contributed by atoms with van der Waals surface area (Å²) in [5.41, 5.74) is 2.76. The maximum Gasteiger partial charge on any atom is 0.233 e. The Morgan fingerprint density at radius 3 is 2.34 bits per heavy atom. The molecule has 5 rings (SSSR count). The van der Waals surface area contributed by atoms with E-state index in [9.17, 15) is 14.0 Å². The molecule has 32 heavy (non-hydrogen) atoms. The quantitative estimate of drug-likeness (QED) is 0.738. The van der Waals surface area contributed by atoms with Crippen LogP contribution in [0.1, 0.15) is 42.9 Å². The van der Waals surface area contributed by atoms with Crippen LogP contribution in [0.25, 0.3) is 0 Å². The lowest BCUT2D eigenvalue weighted by atomic mass is 9.93. The Morgan fingerprint density at radius 2 is 1.66 bits per heavy atom. The van der Waals surface area contributed by atoms with Crippen molar-refractivity contribution in [2.75, 3.05) is 37.6 Å². The average molecular weight is 440 g/mol. The number of rotatable bonds is 3. The highest BCUT2D eigenvalue weighted by molar-refractivity contribution is 5.86. The first kappa shape index (κ1) is 21.0. The number of carbonyl (C=O) groups is 2. The van der Waals surface area contributed by atoms with E-state index in [-0.39, 0.29) is 23.5 Å². The normalized spacial score (nSPS) is 21.7. The van der Waals surface area contributed by atoms with Gasteiger partial charge >= 0.3 is 0 Å². The second kappa shape index (κ2) is 8.56. The van der Waals surface area contributed by atoms with Gasteiger partial charge in [0.05, 0.1) is 5.69 Å². The third-order valence-corrected chi connectivity index (χ3v) is 7.13. The number of hydrogen-bond donors (Lipinski definition) is 0. The molecule has 1 saturated heterocycles. The molecule has 2 amide bonds. The second-order valence-electron chi connectivity index (χ2n) is 9.25. The van der Waals surface area contributed by atoms with E-state index in [2.05, 4.69) is 10.00 Å². The third-order valence-electron chi connectivity index (χ3n) is 7.13. The Bertz CT molecular complexity index is 990. The summed E-state index contributed by atoms with van der Waals surface area (Å²) in [4.78, 5) is 32.7. The van der Waals surface area contributed by atoms with Gasteiger partial charge in [-0.3, -0.25) is 14.3 Å². The largest absolute Gasteiger partial charge is 0.368 e. The predicted octanol–water partition coefficient (Wildman–Crippen LogP) is 2.52. The summed E-state index contributed by atoms with van der Waals surface area (Å²) in [6, 6.07) is 6.49. The van der Waals surface area contributed by atoms with E-state index in [0.717, 1.165) is 42.6 Å². The van der Waals surface area contributed by atoms with E-state index < -0.39 is 5.92 Å². The van der Waals surface area contributed by atoms with Crippen LogP contribution < -0.4 is 4.90 Å². The molecule has 0 N–H and O–H groups in total. The number of piperazine rings is 1. The first-order chi connectivity index (χ1) is 15.5. The minimum absolute atomic E-state index is 0.0487. The zero-order chi connectivity index (χ0) is 22.2. The minimum Gasteiger partial charge on any atom is -0.368 e. The summed E-state index contributed by atoms with van der Waals surface area (Å²) in [7, 11) is 1.87. The molecule has 170 valence electrons. The van der Waals surface area contributed by atoms with Gasteiger partial charge in [-0.1, -0.05) is 12.8 Å². The van der Waals surface area contributed by atoms with Gasteiger partial charge in [-0.2, -0.15) is 5.10 Å². The number of benzene rings is 1. The van der Waals surface area contributed by atoms with Crippen molar-refractivity contribution in [1.29, 1.82) is 0 Å². The highest BCUT2D eigenvalue weighted by Gasteiger charge is 2.39. The fraction of sp³-hybridized carbons (Fsp3) is 0.542. The van der Waals surface area contributed by atoms with Crippen LogP contribution in [0.3, 0.4) is 0 Å². The Hall–Kier alpha value is -2.90. The highest BCUT2D eigenvalue weighted by Crippen LogP contribution is 2.33. The number of fused-ring (bicyclic) bond motifs is 1. The smallest absolute Gasteiger partial charge is 0.233 e. The average Bonchev–Trinajstić information content (AvgIpc) is 3.47. The molecule has 2 fully saturated rings. The molecule has 1 atom stereocenters. The van der Waals surface area contributed by atoms with E-state index >= 15 is 0 Å². The molecule has 7 nitrogen and oxygen atoms in total. The molecule has 2 aliphatic heterocycles. The van der Waals surface area contributed by atoms with Crippen LogP contribution >= 0.6 is 0 Å². The molecule has 3 aliphatic rings. The molecular weight excluding hydrogens is 409 g/mol. The minimum atomic E-state index is -0.414. The molecule has 0 radical (unpaired) electrons. The number of halogens is 1. The molecule has 3 heterocycles. The van der Waals surface area contributed by atoms with Crippen LogP contribution in [-0.2, 0) is 23.2 Å². The second-order valence-corrected chi connectivity index (χ2v) is 9.25. The number of hydrogen-bond acceptors (Lipinski definition) is 4. The summed E-state index contributed by atoms with van der Waals surface area (Å²) < 4.78 is 15.0. The Labute approximate surface area is 187 Å². The van der Waals surface area contributed by atoms with E-state index in [1.54, 1.807) is 16.8 Å². The van der Waals surface area contributed by atoms with Crippen LogP contribution in [0.4, 0.5) is 10.1 Å². The molecule has 0 unspecified atom stereocenters. The van der Waals surface area contributed by atoms with Gasteiger partial charge < -0.3 is 14.7 Å². The number of anilines is 1. The van der Waals surface area contributed by atoms with E-state index in [4.69, 9.17) is 0 Å². The van der Waals surface area contributed by atoms with Crippen LogP contribution in [0.5, 0.6) is 0 Å². The van der Waals surface area contributed by atoms with Crippen molar-refractivity contribution in [2.45, 2.75) is 38.1 Å². The Kier molecular flexibility index (Phi) is 5.61. The monoisotopic (exact) mass is 439 g/mol. The number of aryl methyl sites for hydroxylation is 1. The van der Waals surface area contributed by atoms with E-state index in [1.807, 2.05) is 23.0 Å². The van der Waals surface area contributed by atoms with Crippen molar-refractivity contribution in [3.05, 3.63) is 47.5 Å². The maximum atomic E-state index is 13.6. The molecule has 2 aromatic rings. The SMILES string of the molecule is Cn1cc2c(n1)[C@H](C(=O)N1CCN(c3ccc(F)cc3)CC1)CN(C(=O)C1CCCC1)C2. The maximum absolute atomic E-state index is 13.6. The first-order valence-corrected chi connectivity index (χ1v) is 11.6. The third kappa shape index (κ3) is 3.98. The standard InChI is InChI=1S/C24H30FN5O2/c1-27-14-18-15-30(23(31)17-4-2-3-5-17)16-21(22(18)26-27)24(32)29-12-10-28(11-13-29)20-8-6-19(25)7-9-20/h6-9,14,17,21H,2-5,10-13,15-16H2,1H3/t21-/m1/s1. The number of nitrogens with zero attached hydrogens (tertiary/aromatic N) is 5. The molecule has 1 aromatic carbocycles. The molecule has 0 bridgehead atoms. The molecule has 8 heteroatoms. The number of aromatic nitrogens is 2. The van der Waals surface area contributed by atoms with Crippen LogP contribution in [0, 0.1) is 11.7 Å². The van der Waals surface area contributed by atoms with Gasteiger partial charge in [0.25, 0.3) is 0 Å². The highest BCUT2D eigenvalue weighted by atomic mass is 19.1. The first-order valence-electron chi connectivity index (χ1n) is 11.6. The summed E-state index contributed by atoms with van der Waals surface area (Å²) in [5.74, 6) is -0.322. The summed E-state index contributed by atoms with van der Waals surface area (Å²) >= 11 is 0. The number of carbonyl (C=O) groups excluding carboxylic acids is 2. The van der Waals surface area contributed by atoms with Gasteiger partial charge in [0.1, 0.15) is 11.7 Å². The van der Waals surface area contributed by atoms with Crippen molar-refractivity contribution >= 4 is 17.5 Å². The summed E-state index contributed by atoms with van der Waals surface area (Å²) in [6.07, 6.45) is 6.08. The van der Waals surface area contributed by atoms with Crippen molar-refractivity contribution in [2.24, 2.45) is 13.0 Å².